The van der Waals surface area contributed by atoms with E-state index in [-0.39, 0.29) is 6.42 Å². The Hall–Kier alpha value is -1.39. The highest BCUT2D eigenvalue weighted by Crippen LogP contribution is 2.27. The van der Waals surface area contributed by atoms with E-state index >= 15 is 0 Å². The SMILES string of the molecule is CCCCCC(C(C)=O)(C(=O)O)C(=O)O. The van der Waals surface area contributed by atoms with E-state index in [4.69, 9.17) is 10.2 Å². The van der Waals surface area contributed by atoms with Crippen molar-refractivity contribution >= 4 is 17.7 Å². The van der Waals surface area contributed by atoms with E-state index in [2.05, 4.69) is 0 Å². The molecule has 2 N–H and O–H groups in total. The first kappa shape index (κ1) is 13.6. The van der Waals surface area contributed by atoms with Crippen LogP contribution in [0.25, 0.3) is 0 Å². The van der Waals surface area contributed by atoms with Crippen LogP contribution in [0.1, 0.15) is 39.5 Å². The van der Waals surface area contributed by atoms with Crippen molar-refractivity contribution in [3.8, 4) is 0 Å². The lowest BCUT2D eigenvalue weighted by Gasteiger charge is -2.21. The van der Waals surface area contributed by atoms with Gasteiger partial charge in [-0.15, -0.1) is 0 Å². The predicted molar refractivity (Wildman–Crippen MR) is 52.5 cm³/mol. The number of unbranched alkanes of at least 4 members (excludes halogenated alkanes) is 2. The van der Waals surface area contributed by atoms with Gasteiger partial charge in [0.25, 0.3) is 0 Å². The van der Waals surface area contributed by atoms with Gasteiger partial charge in [-0.2, -0.15) is 0 Å². The van der Waals surface area contributed by atoms with Gasteiger partial charge < -0.3 is 10.2 Å². The number of aliphatic carboxylic acids is 2. The van der Waals surface area contributed by atoms with Crippen LogP contribution in [0.3, 0.4) is 0 Å². The molecule has 0 spiro atoms. The second kappa shape index (κ2) is 5.48. The van der Waals surface area contributed by atoms with E-state index < -0.39 is 23.1 Å². The minimum absolute atomic E-state index is 0.138. The van der Waals surface area contributed by atoms with Crippen LogP contribution in [0, 0.1) is 5.41 Å². The summed E-state index contributed by atoms with van der Waals surface area (Å²) in [6.07, 6.45) is 1.85. The summed E-state index contributed by atoms with van der Waals surface area (Å²) in [6, 6.07) is 0. The third-order valence-electron chi connectivity index (χ3n) is 2.49. The summed E-state index contributed by atoms with van der Waals surface area (Å²) < 4.78 is 0. The van der Waals surface area contributed by atoms with E-state index in [9.17, 15) is 14.4 Å². The third-order valence-corrected chi connectivity index (χ3v) is 2.49. The Morgan fingerprint density at radius 2 is 1.53 bits per heavy atom. The standard InChI is InChI=1S/C10H16O5/c1-3-4-5-6-10(7(2)11,8(12)13)9(14)15/h3-6H2,1-2H3,(H,12,13)(H,14,15). The highest BCUT2D eigenvalue weighted by Gasteiger charge is 2.50. The predicted octanol–water partition coefficient (Wildman–Crippen LogP) is 1.31. The summed E-state index contributed by atoms with van der Waals surface area (Å²) in [5, 5.41) is 17.7. The third kappa shape index (κ3) is 2.78. The van der Waals surface area contributed by atoms with Crippen LogP contribution < -0.4 is 0 Å². The molecule has 0 fully saturated rings. The Morgan fingerprint density at radius 1 is 1.07 bits per heavy atom. The molecule has 0 aromatic rings. The average Bonchev–Trinajstić information content (AvgIpc) is 2.10. The lowest BCUT2D eigenvalue weighted by molar-refractivity contribution is -0.168. The molecule has 0 amide bonds. The number of carbonyl (C=O) groups excluding carboxylic acids is 1. The molecule has 0 saturated heterocycles. The van der Waals surface area contributed by atoms with Crippen LogP contribution in [-0.4, -0.2) is 27.9 Å². The molecule has 0 saturated carbocycles. The molecular formula is C10H16O5. The van der Waals surface area contributed by atoms with Gasteiger partial charge in [-0.25, -0.2) is 0 Å². The molecule has 0 bridgehead atoms. The summed E-state index contributed by atoms with van der Waals surface area (Å²) in [7, 11) is 0. The minimum Gasteiger partial charge on any atom is -0.480 e. The normalized spacial score (nSPS) is 11.1. The van der Waals surface area contributed by atoms with Crippen molar-refractivity contribution in [1.29, 1.82) is 0 Å². The molecule has 86 valence electrons. The highest BCUT2D eigenvalue weighted by molar-refractivity contribution is 6.18. The van der Waals surface area contributed by atoms with Crippen molar-refractivity contribution in [2.75, 3.05) is 0 Å². The van der Waals surface area contributed by atoms with Crippen molar-refractivity contribution in [3.05, 3.63) is 0 Å². The Kier molecular flexibility index (Phi) is 4.97. The zero-order valence-corrected chi connectivity index (χ0v) is 8.95. The largest absolute Gasteiger partial charge is 0.480 e. The first-order chi connectivity index (χ1) is 6.89. The first-order valence-corrected chi connectivity index (χ1v) is 4.87. The summed E-state index contributed by atoms with van der Waals surface area (Å²) in [6.45, 7) is 2.92. The lowest BCUT2D eigenvalue weighted by atomic mass is 9.79. The van der Waals surface area contributed by atoms with Crippen molar-refractivity contribution in [2.45, 2.75) is 39.5 Å². The monoisotopic (exact) mass is 216 g/mol. The number of hydrogen-bond donors (Lipinski definition) is 2. The molecule has 0 aliphatic rings. The molecule has 0 unspecified atom stereocenters. The number of ketones is 1. The number of hydrogen-bond acceptors (Lipinski definition) is 3. The summed E-state index contributed by atoms with van der Waals surface area (Å²) >= 11 is 0. The number of carboxylic acids is 2. The smallest absolute Gasteiger partial charge is 0.328 e. The number of carboxylic acid groups (broad SMARTS) is 2. The summed E-state index contributed by atoms with van der Waals surface area (Å²) in [5.74, 6) is -3.96. The molecule has 0 radical (unpaired) electrons. The molecule has 0 aromatic heterocycles. The van der Waals surface area contributed by atoms with Gasteiger partial charge in [0.2, 0.25) is 5.41 Å². The van der Waals surface area contributed by atoms with E-state index in [0.717, 1.165) is 19.8 Å². The average molecular weight is 216 g/mol. The minimum atomic E-state index is -2.25. The highest BCUT2D eigenvalue weighted by atomic mass is 16.4. The van der Waals surface area contributed by atoms with Gasteiger partial charge in [-0.05, 0) is 13.3 Å². The van der Waals surface area contributed by atoms with Gasteiger partial charge >= 0.3 is 11.9 Å². The van der Waals surface area contributed by atoms with Crippen LogP contribution in [0.2, 0.25) is 0 Å². The molecule has 0 aliphatic heterocycles. The quantitative estimate of drug-likeness (QED) is 0.494. The Bertz CT molecular complexity index is 233. The summed E-state index contributed by atoms with van der Waals surface area (Å²) in [5.41, 5.74) is -2.25. The van der Waals surface area contributed by atoms with Crippen molar-refractivity contribution in [3.63, 3.8) is 0 Å². The maximum Gasteiger partial charge on any atom is 0.328 e. The molecule has 15 heavy (non-hydrogen) atoms. The molecule has 0 heterocycles. The maximum atomic E-state index is 11.2. The van der Waals surface area contributed by atoms with Gasteiger partial charge in [-0.3, -0.25) is 14.4 Å². The Morgan fingerprint density at radius 3 is 1.80 bits per heavy atom. The van der Waals surface area contributed by atoms with E-state index in [1.165, 1.54) is 0 Å². The van der Waals surface area contributed by atoms with Gasteiger partial charge in [0.15, 0.2) is 5.78 Å². The zero-order valence-electron chi connectivity index (χ0n) is 8.95. The molecule has 0 aromatic carbocycles. The Labute approximate surface area is 88.1 Å². The number of rotatable bonds is 7. The lowest BCUT2D eigenvalue weighted by Crippen LogP contribution is -2.45. The fourth-order valence-corrected chi connectivity index (χ4v) is 1.42. The number of carbonyl (C=O) groups is 3. The first-order valence-electron chi connectivity index (χ1n) is 4.87. The fourth-order valence-electron chi connectivity index (χ4n) is 1.42. The second-order valence-corrected chi connectivity index (χ2v) is 3.53. The van der Waals surface area contributed by atoms with E-state index in [0.29, 0.717) is 6.42 Å². The van der Waals surface area contributed by atoms with E-state index in [1.807, 2.05) is 6.92 Å². The van der Waals surface area contributed by atoms with E-state index in [1.54, 1.807) is 0 Å². The van der Waals surface area contributed by atoms with Gasteiger partial charge in [0, 0.05) is 0 Å². The molecule has 0 rings (SSSR count). The summed E-state index contributed by atoms with van der Waals surface area (Å²) in [4.78, 5) is 33.0. The van der Waals surface area contributed by atoms with Crippen molar-refractivity contribution < 1.29 is 24.6 Å². The van der Waals surface area contributed by atoms with Crippen LogP contribution in [0.4, 0.5) is 0 Å². The van der Waals surface area contributed by atoms with Gasteiger partial charge in [0.1, 0.15) is 0 Å². The van der Waals surface area contributed by atoms with Crippen molar-refractivity contribution in [2.24, 2.45) is 5.41 Å². The molecule has 5 heteroatoms. The Balaban J connectivity index is 4.90. The molecular weight excluding hydrogens is 200 g/mol. The van der Waals surface area contributed by atoms with Crippen LogP contribution in [0.5, 0.6) is 0 Å². The zero-order chi connectivity index (χ0) is 12.1. The molecule has 0 aliphatic carbocycles. The van der Waals surface area contributed by atoms with Gasteiger partial charge in [0.05, 0.1) is 0 Å². The van der Waals surface area contributed by atoms with Gasteiger partial charge in [-0.1, -0.05) is 26.2 Å². The molecule has 0 atom stereocenters. The topological polar surface area (TPSA) is 91.7 Å². The second-order valence-electron chi connectivity index (χ2n) is 3.53. The van der Waals surface area contributed by atoms with Crippen molar-refractivity contribution in [1.82, 2.24) is 0 Å². The van der Waals surface area contributed by atoms with Crippen LogP contribution in [-0.2, 0) is 14.4 Å². The fraction of sp³-hybridized carbons (Fsp3) is 0.700. The molecule has 5 nitrogen and oxygen atoms in total. The van der Waals surface area contributed by atoms with Crippen LogP contribution >= 0.6 is 0 Å². The number of Topliss-reactive ketones (excluding diaryl/α,β-unsaturated/α-hetero) is 1. The maximum absolute atomic E-state index is 11.2. The van der Waals surface area contributed by atoms with Crippen LogP contribution in [0.15, 0.2) is 0 Å².